The number of hydrogen-bond donors (Lipinski definition) is 1. The first kappa shape index (κ1) is 14.4. The van der Waals surface area contributed by atoms with Gasteiger partial charge in [-0.05, 0) is 55.2 Å². The van der Waals surface area contributed by atoms with Crippen molar-refractivity contribution >= 4 is 23.4 Å². The molecular weight excluding hydrogens is 292 g/mol. The second-order valence-electron chi connectivity index (χ2n) is 7.12. The summed E-state index contributed by atoms with van der Waals surface area (Å²) in [5, 5.41) is 2.89. The number of hydrogen-bond acceptors (Lipinski definition) is 3. The number of benzene rings is 1. The molecule has 2 saturated carbocycles. The van der Waals surface area contributed by atoms with Crippen molar-refractivity contribution in [2.75, 3.05) is 12.4 Å². The Morgan fingerprint density at radius 1 is 1.17 bits per heavy atom. The van der Waals surface area contributed by atoms with Gasteiger partial charge in [-0.15, -0.1) is 0 Å². The molecule has 0 spiro atoms. The van der Waals surface area contributed by atoms with Gasteiger partial charge in [0.1, 0.15) is 0 Å². The number of anilines is 1. The maximum absolute atomic E-state index is 12.3. The van der Waals surface area contributed by atoms with Crippen molar-refractivity contribution in [3.8, 4) is 0 Å². The van der Waals surface area contributed by atoms with Crippen molar-refractivity contribution < 1.29 is 14.4 Å². The third-order valence-electron chi connectivity index (χ3n) is 5.71. The molecule has 1 aromatic rings. The van der Waals surface area contributed by atoms with Crippen molar-refractivity contribution in [2.24, 2.45) is 17.8 Å². The van der Waals surface area contributed by atoms with Gasteiger partial charge >= 0.3 is 0 Å². The molecule has 1 heterocycles. The van der Waals surface area contributed by atoms with Crippen LogP contribution >= 0.6 is 0 Å². The minimum Gasteiger partial charge on any atom is -0.326 e. The summed E-state index contributed by atoms with van der Waals surface area (Å²) in [6.07, 6.45) is 5.63. The second kappa shape index (κ2) is 5.18. The summed E-state index contributed by atoms with van der Waals surface area (Å²) in [4.78, 5) is 37.2. The number of carbonyl (C=O) groups excluding carboxylic acids is 3. The van der Waals surface area contributed by atoms with Crippen LogP contribution in [-0.2, 0) is 4.79 Å². The van der Waals surface area contributed by atoms with Crippen LogP contribution in [0.3, 0.4) is 0 Å². The Morgan fingerprint density at radius 3 is 2.65 bits per heavy atom. The van der Waals surface area contributed by atoms with Crippen molar-refractivity contribution in [1.29, 1.82) is 0 Å². The zero-order chi connectivity index (χ0) is 16.1. The number of imide groups is 1. The standard InChI is InChI=1S/C18H20N2O3/c1-20-17(22)14-5-4-13(9-15(14)18(20)23)19-16(21)8-12-7-10-2-3-11(12)6-10/h4-5,9-12H,2-3,6-8H2,1H3,(H,19,21)/t10-,11-,12+/m0/s1. The zero-order valence-corrected chi connectivity index (χ0v) is 13.2. The number of fused-ring (bicyclic) bond motifs is 3. The molecule has 4 rings (SSSR count). The molecule has 5 heteroatoms. The van der Waals surface area contributed by atoms with Crippen LogP contribution in [0.25, 0.3) is 0 Å². The molecule has 120 valence electrons. The maximum atomic E-state index is 12.3. The summed E-state index contributed by atoms with van der Waals surface area (Å²) in [5.74, 6) is 1.47. The predicted octanol–water partition coefficient (Wildman–Crippen LogP) is 2.68. The first-order valence-corrected chi connectivity index (χ1v) is 8.29. The lowest BCUT2D eigenvalue weighted by atomic mass is 9.86. The first-order chi connectivity index (χ1) is 11.0. The van der Waals surface area contributed by atoms with E-state index >= 15 is 0 Å². The maximum Gasteiger partial charge on any atom is 0.261 e. The van der Waals surface area contributed by atoms with Gasteiger partial charge in [0.15, 0.2) is 0 Å². The molecule has 5 nitrogen and oxygen atoms in total. The van der Waals surface area contributed by atoms with Crippen LogP contribution in [0.4, 0.5) is 5.69 Å². The molecular formula is C18H20N2O3. The lowest BCUT2D eigenvalue weighted by molar-refractivity contribution is -0.117. The zero-order valence-electron chi connectivity index (χ0n) is 13.2. The average molecular weight is 312 g/mol. The van der Waals surface area contributed by atoms with Crippen LogP contribution in [-0.4, -0.2) is 29.7 Å². The van der Waals surface area contributed by atoms with Crippen LogP contribution < -0.4 is 5.32 Å². The minimum absolute atomic E-state index is 0.00706. The summed E-state index contributed by atoms with van der Waals surface area (Å²) in [6, 6.07) is 4.92. The smallest absolute Gasteiger partial charge is 0.261 e. The fourth-order valence-corrected chi connectivity index (χ4v) is 4.52. The van der Waals surface area contributed by atoms with Gasteiger partial charge in [0.25, 0.3) is 11.8 Å². The summed E-state index contributed by atoms with van der Waals surface area (Å²) in [6.45, 7) is 0. The van der Waals surface area contributed by atoms with Crippen molar-refractivity contribution in [3.05, 3.63) is 29.3 Å². The Kier molecular flexibility index (Phi) is 3.25. The Balaban J connectivity index is 1.44. The van der Waals surface area contributed by atoms with Crippen LogP contribution in [0.15, 0.2) is 18.2 Å². The van der Waals surface area contributed by atoms with Crippen LogP contribution in [0, 0.1) is 17.8 Å². The van der Waals surface area contributed by atoms with Crippen molar-refractivity contribution in [3.63, 3.8) is 0 Å². The number of nitrogens with zero attached hydrogens (tertiary/aromatic N) is 1. The number of nitrogens with one attached hydrogen (secondary N) is 1. The van der Waals surface area contributed by atoms with Gasteiger partial charge in [-0.3, -0.25) is 19.3 Å². The van der Waals surface area contributed by atoms with E-state index in [-0.39, 0.29) is 17.7 Å². The highest BCUT2D eigenvalue weighted by molar-refractivity contribution is 6.21. The van der Waals surface area contributed by atoms with Gasteiger partial charge in [0.05, 0.1) is 11.1 Å². The summed E-state index contributed by atoms with van der Waals surface area (Å²) >= 11 is 0. The monoisotopic (exact) mass is 312 g/mol. The second-order valence-corrected chi connectivity index (χ2v) is 7.12. The van der Waals surface area contributed by atoms with Gasteiger partial charge in [0, 0.05) is 19.2 Å². The fourth-order valence-electron chi connectivity index (χ4n) is 4.52. The largest absolute Gasteiger partial charge is 0.326 e. The van der Waals surface area contributed by atoms with Crippen molar-refractivity contribution in [2.45, 2.75) is 32.1 Å². The Labute approximate surface area is 135 Å². The highest BCUT2D eigenvalue weighted by Gasteiger charge is 2.40. The third kappa shape index (κ3) is 2.35. The van der Waals surface area contributed by atoms with Crippen molar-refractivity contribution in [1.82, 2.24) is 4.90 Å². The Bertz CT molecular complexity index is 712. The quantitative estimate of drug-likeness (QED) is 0.873. The molecule has 0 aromatic heterocycles. The molecule has 2 fully saturated rings. The summed E-state index contributed by atoms with van der Waals surface area (Å²) in [5.41, 5.74) is 1.37. The third-order valence-corrected chi connectivity index (χ3v) is 5.71. The highest BCUT2D eigenvalue weighted by atomic mass is 16.2. The Hall–Kier alpha value is -2.17. The van der Waals surface area contributed by atoms with Crippen LogP contribution in [0.5, 0.6) is 0 Å². The van der Waals surface area contributed by atoms with Crippen LogP contribution in [0.1, 0.15) is 52.8 Å². The van der Waals surface area contributed by atoms with E-state index in [0.717, 1.165) is 16.7 Å². The van der Waals surface area contributed by atoms with E-state index in [1.54, 1.807) is 18.2 Å². The molecule has 2 aliphatic carbocycles. The first-order valence-electron chi connectivity index (χ1n) is 8.29. The van der Waals surface area contributed by atoms with Gasteiger partial charge < -0.3 is 5.32 Å². The van der Waals surface area contributed by atoms with E-state index in [9.17, 15) is 14.4 Å². The molecule has 3 amide bonds. The topological polar surface area (TPSA) is 66.5 Å². The highest BCUT2D eigenvalue weighted by Crippen LogP contribution is 2.49. The Morgan fingerprint density at radius 2 is 1.96 bits per heavy atom. The molecule has 3 aliphatic rings. The molecule has 1 N–H and O–H groups in total. The molecule has 2 bridgehead atoms. The number of rotatable bonds is 3. The average Bonchev–Trinajstić information content (AvgIpc) is 3.19. The summed E-state index contributed by atoms with van der Waals surface area (Å²) < 4.78 is 0. The number of amides is 3. The summed E-state index contributed by atoms with van der Waals surface area (Å²) in [7, 11) is 1.47. The predicted molar refractivity (Wildman–Crippen MR) is 85.1 cm³/mol. The fraction of sp³-hybridized carbons (Fsp3) is 0.500. The van der Waals surface area contributed by atoms with E-state index < -0.39 is 0 Å². The molecule has 0 radical (unpaired) electrons. The van der Waals surface area contributed by atoms with E-state index in [2.05, 4.69) is 5.32 Å². The van der Waals surface area contributed by atoms with Gasteiger partial charge in [-0.2, -0.15) is 0 Å². The van der Waals surface area contributed by atoms with E-state index in [1.165, 1.54) is 32.7 Å². The lowest BCUT2D eigenvalue weighted by Gasteiger charge is -2.20. The molecule has 0 saturated heterocycles. The van der Waals surface area contributed by atoms with Gasteiger partial charge in [0.2, 0.25) is 5.91 Å². The number of carbonyl (C=O) groups is 3. The normalized spacial score (nSPS) is 28.4. The molecule has 3 atom stereocenters. The lowest BCUT2D eigenvalue weighted by Crippen LogP contribution is -2.24. The molecule has 1 aliphatic heterocycles. The van der Waals surface area contributed by atoms with E-state index in [4.69, 9.17) is 0 Å². The minimum atomic E-state index is -0.311. The molecule has 0 unspecified atom stereocenters. The van der Waals surface area contributed by atoms with Gasteiger partial charge in [-0.25, -0.2) is 0 Å². The van der Waals surface area contributed by atoms with E-state index in [0.29, 0.717) is 29.2 Å². The van der Waals surface area contributed by atoms with Crippen LogP contribution in [0.2, 0.25) is 0 Å². The molecule has 23 heavy (non-hydrogen) atoms. The molecule has 1 aromatic carbocycles. The van der Waals surface area contributed by atoms with E-state index in [1.807, 2.05) is 0 Å². The SMILES string of the molecule is CN1C(=O)c2ccc(NC(=O)C[C@H]3C[C@H]4CC[C@H]3C4)cc2C1=O. The van der Waals surface area contributed by atoms with Gasteiger partial charge in [-0.1, -0.05) is 6.42 Å².